The van der Waals surface area contributed by atoms with Crippen LogP contribution >= 0.6 is 24.0 Å². The maximum Gasteiger partial charge on any atom is 0.333 e. The second-order valence-electron chi connectivity index (χ2n) is 6.59. The van der Waals surface area contributed by atoms with Crippen LogP contribution in [-0.2, 0) is 10.0 Å². The van der Waals surface area contributed by atoms with E-state index < -0.39 is 16.1 Å². The van der Waals surface area contributed by atoms with Gasteiger partial charge in [0, 0.05) is 15.5 Å². The van der Waals surface area contributed by atoms with E-state index in [1.54, 1.807) is 55.5 Å². The predicted octanol–water partition coefficient (Wildman–Crippen LogP) is 3.55. The minimum Gasteiger partial charge on any atom is -0.307 e. The van der Waals surface area contributed by atoms with Crippen LogP contribution in [0.5, 0.6) is 0 Å². The second kappa shape index (κ2) is 8.17. The van der Waals surface area contributed by atoms with Crippen molar-refractivity contribution < 1.29 is 13.2 Å². The molecule has 31 heavy (non-hydrogen) atoms. The SMILES string of the molecule is Cc1ccc(S(=O)(=O)NC(=O)Nc2ccc(-n3cnc4ccc(S)cc4c3=O)cc2)s1. The molecule has 2 heterocycles. The van der Waals surface area contributed by atoms with Crippen LogP contribution in [0.2, 0.25) is 0 Å². The molecule has 0 unspecified atom stereocenters. The summed E-state index contributed by atoms with van der Waals surface area (Å²) in [6.45, 7) is 1.78. The maximum atomic E-state index is 12.8. The molecule has 2 aromatic carbocycles. The summed E-state index contributed by atoms with van der Waals surface area (Å²) in [6.07, 6.45) is 1.42. The zero-order valence-electron chi connectivity index (χ0n) is 16.1. The highest BCUT2D eigenvalue weighted by atomic mass is 32.2. The number of thiophene rings is 1. The van der Waals surface area contributed by atoms with Gasteiger partial charge in [-0.3, -0.25) is 9.36 Å². The van der Waals surface area contributed by atoms with Crippen molar-refractivity contribution in [2.75, 3.05) is 5.32 Å². The summed E-state index contributed by atoms with van der Waals surface area (Å²) in [6, 6.07) is 13.7. The number of rotatable bonds is 4. The Kier molecular flexibility index (Phi) is 5.56. The average molecular weight is 473 g/mol. The van der Waals surface area contributed by atoms with Gasteiger partial charge in [-0.1, -0.05) is 0 Å². The number of benzene rings is 2. The molecule has 0 bridgehead atoms. The topological polar surface area (TPSA) is 110 Å². The first-order chi connectivity index (χ1) is 14.7. The number of amides is 2. The number of anilines is 1. The van der Waals surface area contributed by atoms with E-state index >= 15 is 0 Å². The van der Waals surface area contributed by atoms with Gasteiger partial charge >= 0.3 is 6.03 Å². The van der Waals surface area contributed by atoms with Crippen LogP contribution in [0.15, 0.2) is 74.8 Å². The molecular formula is C20H16N4O4S3. The Hall–Kier alpha value is -3.15. The molecule has 0 aliphatic rings. The van der Waals surface area contributed by atoms with Gasteiger partial charge in [0.05, 0.1) is 16.6 Å². The van der Waals surface area contributed by atoms with E-state index in [-0.39, 0.29) is 9.77 Å². The van der Waals surface area contributed by atoms with Crippen LogP contribution in [0.25, 0.3) is 16.6 Å². The van der Waals surface area contributed by atoms with E-state index in [1.165, 1.54) is 17.0 Å². The van der Waals surface area contributed by atoms with Crippen molar-refractivity contribution in [1.82, 2.24) is 14.3 Å². The average Bonchev–Trinajstić information content (AvgIpc) is 3.16. The summed E-state index contributed by atoms with van der Waals surface area (Å²) in [5, 5.41) is 2.90. The smallest absolute Gasteiger partial charge is 0.307 e. The predicted molar refractivity (Wildman–Crippen MR) is 123 cm³/mol. The van der Waals surface area contributed by atoms with E-state index in [9.17, 15) is 18.0 Å². The summed E-state index contributed by atoms with van der Waals surface area (Å²) >= 11 is 5.34. The van der Waals surface area contributed by atoms with Crippen LogP contribution in [0.1, 0.15) is 4.88 Å². The lowest BCUT2D eigenvalue weighted by molar-refractivity contribution is 0.256. The normalized spacial score (nSPS) is 11.4. The molecule has 8 nitrogen and oxygen atoms in total. The molecule has 4 aromatic rings. The summed E-state index contributed by atoms with van der Waals surface area (Å²) in [4.78, 5) is 30.7. The molecule has 0 aliphatic heterocycles. The van der Waals surface area contributed by atoms with Crippen LogP contribution in [0.3, 0.4) is 0 Å². The van der Waals surface area contributed by atoms with Gasteiger partial charge in [-0.15, -0.1) is 24.0 Å². The molecule has 2 amide bonds. The third-order valence-corrected chi connectivity index (χ3v) is 7.45. The van der Waals surface area contributed by atoms with Gasteiger partial charge < -0.3 is 5.32 Å². The number of aromatic nitrogens is 2. The Morgan fingerprint density at radius 2 is 1.84 bits per heavy atom. The minimum absolute atomic E-state index is 0.0584. The Morgan fingerprint density at radius 1 is 1.10 bits per heavy atom. The largest absolute Gasteiger partial charge is 0.333 e. The number of hydrogen-bond donors (Lipinski definition) is 3. The van der Waals surface area contributed by atoms with Gasteiger partial charge in [-0.25, -0.2) is 22.9 Å². The van der Waals surface area contributed by atoms with E-state index in [1.807, 2.05) is 4.72 Å². The molecule has 0 radical (unpaired) electrons. The van der Waals surface area contributed by atoms with E-state index in [4.69, 9.17) is 0 Å². The molecule has 0 saturated heterocycles. The second-order valence-corrected chi connectivity index (χ2v) is 10.3. The number of thiol groups is 1. The highest BCUT2D eigenvalue weighted by Crippen LogP contribution is 2.20. The number of urea groups is 1. The van der Waals surface area contributed by atoms with Crippen molar-refractivity contribution in [3.63, 3.8) is 0 Å². The molecule has 2 aromatic heterocycles. The van der Waals surface area contributed by atoms with Crippen molar-refractivity contribution in [2.24, 2.45) is 0 Å². The Balaban J connectivity index is 1.52. The molecule has 0 fully saturated rings. The number of carbonyl (C=O) groups excluding carboxylic acids is 1. The summed E-state index contributed by atoms with van der Waals surface area (Å²) in [5.41, 5.74) is 1.21. The Labute approximate surface area is 187 Å². The fourth-order valence-corrected chi connectivity index (χ4v) is 5.28. The van der Waals surface area contributed by atoms with E-state index in [0.29, 0.717) is 27.2 Å². The fraction of sp³-hybridized carbons (Fsp3) is 0.0500. The molecule has 0 atom stereocenters. The quantitative estimate of drug-likeness (QED) is 0.394. The van der Waals surface area contributed by atoms with Crippen molar-refractivity contribution >= 4 is 56.6 Å². The molecule has 0 saturated carbocycles. The zero-order chi connectivity index (χ0) is 22.2. The Bertz CT molecular complexity index is 1460. The lowest BCUT2D eigenvalue weighted by atomic mass is 10.2. The molecule has 158 valence electrons. The summed E-state index contributed by atoms with van der Waals surface area (Å²) in [7, 11) is -3.94. The molecular weight excluding hydrogens is 456 g/mol. The summed E-state index contributed by atoms with van der Waals surface area (Å²) < 4.78 is 27.9. The minimum atomic E-state index is -3.94. The van der Waals surface area contributed by atoms with Gasteiger partial charge in [0.1, 0.15) is 10.5 Å². The Morgan fingerprint density at radius 3 is 2.52 bits per heavy atom. The number of carbonyl (C=O) groups is 1. The molecule has 4 rings (SSSR count). The van der Waals surface area contributed by atoms with Crippen molar-refractivity contribution in [3.05, 3.63) is 76.2 Å². The highest BCUT2D eigenvalue weighted by Gasteiger charge is 2.19. The van der Waals surface area contributed by atoms with Gasteiger partial charge in [-0.2, -0.15) is 0 Å². The van der Waals surface area contributed by atoms with Crippen LogP contribution in [0.4, 0.5) is 10.5 Å². The first-order valence-corrected chi connectivity index (χ1v) is 11.7. The molecule has 0 aliphatic carbocycles. The third-order valence-electron chi connectivity index (χ3n) is 4.35. The van der Waals surface area contributed by atoms with Crippen LogP contribution in [0, 0.1) is 6.92 Å². The van der Waals surface area contributed by atoms with E-state index in [0.717, 1.165) is 16.2 Å². The lowest BCUT2D eigenvalue weighted by Crippen LogP contribution is -2.33. The fourth-order valence-electron chi connectivity index (χ4n) is 2.88. The first kappa shape index (κ1) is 21.1. The molecule has 0 spiro atoms. The van der Waals surface area contributed by atoms with Gasteiger partial charge in [-0.05, 0) is 61.5 Å². The van der Waals surface area contributed by atoms with Gasteiger partial charge in [0.25, 0.3) is 15.6 Å². The highest BCUT2D eigenvalue weighted by molar-refractivity contribution is 7.92. The number of nitrogens with one attached hydrogen (secondary N) is 2. The van der Waals surface area contributed by atoms with E-state index in [2.05, 4.69) is 22.9 Å². The monoisotopic (exact) mass is 472 g/mol. The molecule has 11 heteroatoms. The lowest BCUT2D eigenvalue weighted by Gasteiger charge is -2.10. The zero-order valence-corrected chi connectivity index (χ0v) is 18.6. The van der Waals surface area contributed by atoms with Crippen LogP contribution in [-0.4, -0.2) is 24.0 Å². The first-order valence-electron chi connectivity index (χ1n) is 8.94. The number of sulfonamides is 1. The maximum absolute atomic E-state index is 12.8. The van der Waals surface area contributed by atoms with Crippen LogP contribution < -0.4 is 15.6 Å². The molecule has 2 N–H and O–H groups in total. The number of aryl methyl sites for hydroxylation is 1. The van der Waals surface area contributed by atoms with Gasteiger partial charge in [0.2, 0.25) is 0 Å². The van der Waals surface area contributed by atoms with Crippen molar-refractivity contribution in [1.29, 1.82) is 0 Å². The number of fused-ring (bicyclic) bond motifs is 1. The van der Waals surface area contributed by atoms with Gasteiger partial charge in [0.15, 0.2) is 0 Å². The number of hydrogen-bond acceptors (Lipinski definition) is 7. The van der Waals surface area contributed by atoms with Crippen molar-refractivity contribution in [2.45, 2.75) is 16.0 Å². The number of nitrogens with zero attached hydrogens (tertiary/aromatic N) is 2. The summed E-state index contributed by atoms with van der Waals surface area (Å²) in [5.74, 6) is 0. The van der Waals surface area contributed by atoms with Crippen molar-refractivity contribution in [3.8, 4) is 5.69 Å². The third kappa shape index (κ3) is 4.48. The standard InChI is InChI=1S/C20H16N4O4S3/c1-12-2-9-18(30-12)31(27,28)23-20(26)22-13-3-5-14(6-4-13)24-11-21-17-8-7-15(29)10-16(17)19(24)25/h2-11,29H,1H3,(H2,22,23,26).